The summed E-state index contributed by atoms with van der Waals surface area (Å²) in [6, 6.07) is 13.8. The summed E-state index contributed by atoms with van der Waals surface area (Å²) in [5.74, 6) is -0.0404. The van der Waals surface area contributed by atoms with Gasteiger partial charge in [0.15, 0.2) is 0 Å². The van der Waals surface area contributed by atoms with Crippen LogP contribution in [0.2, 0.25) is 0 Å². The van der Waals surface area contributed by atoms with Gasteiger partial charge in [0, 0.05) is 30.7 Å². The molecule has 1 N–H and O–H groups in total. The van der Waals surface area contributed by atoms with Gasteiger partial charge in [-0.1, -0.05) is 37.3 Å². The van der Waals surface area contributed by atoms with Crippen LogP contribution in [0.1, 0.15) is 24.8 Å². The summed E-state index contributed by atoms with van der Waals surface area (Å²) < 4.78 is 1.85. The summed E-state index contributed by atoms with van der Waals surface area (Å²) in [5, 5.41) is 7.38. The zero-order valence-electron chi connectivity index (χ0n) is 14.3. The largest absolute Gasteiger partial charge is 0.354 e. The highest BCUT2D eigenvalue weighted by molar-refractivity contribution is 5.83. The van der Waals surface area contributed by atoms with E-state index in [4.69, 9.17) is 0 Å². The Hall–Kier alpha value is -2.95. The van der Waals surface area contributed by atoms with E-state index in [2.05, 4.69) is 15.4 Å². The van der Waals surface area contributed by atoms with E-state index in [1.54, 1.807) is 12.4 Å². The second kappa shape index (κ2) is 8.24. The van der Waals surface area contributed by atoms with Gasteiger partial charge in [0.05, 0.1) is 18.7 Å². The molecule has 2 aromatic heterocycles. The third kappa shape index (κ3) is 4.32. The van der Waals surface area contributed by atoms with Gasteiger partial charge in [-0.05, 0) is 29.7 Å². The molecule has 2 heterocycles. The number of hydrogen-bond donors (Lipinski definition) is 1. The number of nitrogens with zero attached hydrogens (tertiary/aromatic N) is 3. The van der Waals surface area contributed by atoms with Crippen LogP contribution in [0.25, 0.3) is 11.1 Å². The lowest BCUT2D eigenvalue weighted by atomic mass is 9.96. The first kappa shape index (κ1) is 16.9. The number of nitrogens with one attached hydrogen (secondary N) is 1. The molecular formula is C20H22N4O. The molecule has 5 heteroatoms. The van der Waals surface area contributed by atoms with Crippen LogP contribution in [0.4, 0.5) is 0 Å². The Kier molecular flexibility index (Phi) is 5.57. The van der Waals surface area contributed by atoms with Gasteiger partial charge in [-0.25, -0.2) is 0 Å². The fraction of sp³-hybridized carbons (Fsp3) is 0.250. The smallest absolute Gasteiger partial charge is 0.227 e. The molecule has 0 radical (unpaired) electrons. The predicted octanol–water partition coefficient (Wildman–Crippen LogP) is 3.26. The van der Waals surface area contributed by atoms with Crippen molar-refractivity contribution < 1.29 is 4.79 Å². The summed E-state index contributed by atoms with van der Waals surface area (Å²) >= 11 is 0. The van der Waals surface area contributed by atoms with Crippen LogP contribution in [0.15, 0.2) is 67.3 Å². The Morgan fingerprint density at radius 3 is 2.60 bits per heavy atom. The van der Waals surface area contributed by atoms with Crippen LogP contribution >= 0.6 is 0 Å². The van der Waals surface area contributed by atoms with Crippen LogP contribution < -0.4 is 5.32 Å². The monoisotopic (exact) mass is 334 g/mol. The van der Waals surface area contributed by atoms with E-state index in [0.29, 0.717) is 13.1 Å². The molecular weight excluding hydrogens is 312 g/mol. The SMILES string of the molecule is CC[C@@H](C(=O)NCCn1cc(-c2ccncc2)cn1)c1ccccc1. The van der Waals surface area contributed by atoms with Crippen molar-refractivity contribution >= 4 is 5.91 Å². The predicted molar refractivity (Wildman–Crippen MR) is 97.9 cm³/mol. The molecule has 5 nitrogen and oxygen atoms in total. The summed E-state index contributed by atoms with van der Waals surface area (Å²) in [6.07, 6.45) is 8.12. The van der Waals surface area contributed by atoms with Crippen molar-refractivity contribution in [3.05, 3.63) is 72.8 Å². The molecule has 0 aliphatic heterocycles. The maximum Gasteiger partial charge on any atom is 0.227 e. The molecule has 0 saturated carbocycles. The van der Waals surface area contributed by atoms with Crippen LogP contribution in [0, 0.1) is 0 Å². The standard InChI is InChI=1S/C20H22N4O/c1-2-19(17-6-4-3-5-7-17)20(25)22-12-13-24-15-18(14-23-24)16-8-10-21-11-9-16/h3-11,14-15,19H,2,12-13H2,1H3,(H,22,25)/t19-/m1/s1. The summed E-state index contributed by atoms with van der Waals surface area (Å²) in [6.45, 7) is 3.23. The second-order valence-corrected chi connectivity index (χ2v) is 5.89. The van der Waals surface area contributed by atoms with Gasteiger partial charge in [0.1, 0.15) is 0 Å². The topological polar surface area (TPSA) is 59.8 Å². The van der Waals surface area contributed by atoms with E-state index in [9.17, 15) is 4.79 Å². The molecule has 128 valence electrons. The summed E-state index contributed by atoms with van der Waals surface area (Å²) in [5.41, 5.74) is 3.19. The van der Waals surface area contributed by atoms with E-state index >= 15 is 0 Å². The van der Waals surface area contributed by atoms with E-state index in [1.165, 1.54) is 0 Å². The van der Waals surface area contributed by atoms with Gasteiger partial charge in [0.2, 0.25) is 5.91 Å². The number of pyridine rings is 1. The molecule has 0 saturated heterocycles. The number of carbonyl (C=O) groups is 1. The maximum absolute atomic E-state index is 12.4. The minimum Gasteiger partial charge on any atom is -0.354 e. The third-order valence-corrected chi connectivity index (χ3v) is 4.21. The molecule has 3 rings (SSSR count). The Morgan fingerprint density at radius 2 is 1.88 bits per heavy atom. The quantitative estimate of drug-likeness (QED) is 0.721. The molecule has 1 aromatic carbocycles. The average molecular weight is 334 g/mol. The lowest BCUT2D eigenvalue weighted by Crippen LogP contribution is -2.31. The molecule has 0 unspecified atom stereocenters. The van der Waals surface area contributed by atoms with Crippen molar-refractivity contribution in [2.75, 3.05) is 6.54 Å². The van der Waals surface area contributed by atoms with Gasteiger partial charge >= 0.3 is 0 Å². The Bertz CT molecular complexity index is 799. The first-order chi connectivity index (χ1) is 12.3. The van der Waals surface area contributed by atoms with Gasteiger partial charge in [-0.15, -0.1) is 0 Å². The fourth-order valence-corrected chi connectivity index (χ4v) is 2.85. The molecule has 0 bridgehead atoms. The number of aromatic nitrogens is 3. The lowest BCUT2D eigenvalue weighted by Gasteiger charge is -2.15. The Labute approximate surface area is 147 Å². The molecule has 1 amide bonds. The average Bonchev–Trinajstić information content (AvgIpc) is 3.13. The molecule has 3 aromatic rings. The number of carbonyl (C=O) groups excluding carboxylic acids is 1. The van der Waals surface area contributed by atoms with Crippen molar-refractivity contribution in [2.24, 2.45) is 0 Å². The fourth-order valence-electron chi connectivity index (χ4n) is 2.85. The molecule has 0 aliphatic rings. The van der Waals surface area contributed by atoms with E-state index in [-0.39, 0.29) is 11.8 Å². The zero-order valence-corrected chi connectivity index (χ0v) is 14.3. The van der Waals surface area contributed by atoms with Crippen LogP contribution in [0.3, 0.4) is 0 Å². The lowest BCUT2D eigenvalue weighted by molar-refractivity contribution is -0.122. The number of rotatable bonds is 7. The van der Waals surface area contributed by atoms with Crippen molar-refractivity contribution in [2.45, 2.75) is 25.8 Å². The zero-order chi connectivity index (χ0) is 17.5. The van der Waals surface area contributed by atoms with Gasteiger partial charge in [-0.3, -0.25) is 14.5 Å². The molecule has 1 atom stereocenters. The summed E-state index contributed by atoms with van der Waals surface area (Å²) in [7, 11) is 0. The Morgan fingerprint density at radius 1 is 1.12 bits per heavy atom. The first-order valence-corrected chi connectivity index (χ1v) is 8.53. The van der Waals surface area contributed by atoms with Crippen LogP contribution in [-0.2, 0) is 11.3 Å². The summed E-state index contributed by atoms with van der Waals surface area (Å²) in [4.78, 5) is 16.5. The Balaban J connectivity index is 1.54. The van der Waals surface area contributed by atoms with Crippen molar-refractivity contribution in [3.8, 4) is 11.1 Å². The van der Waals surface area contributed by atoms with Crippen molar-refractivity contribution in [3.63, 3.8) is 0 Å². The number of amides is 1. The highest BCUT2D eigenvalue weighted by Gasteiger charge is 2.17. The minimum absolute atomic E-state index is 0.0650. The molecule has 0 aliphatic carbocycles. The highest BCUT2D eigenvalue weighted by atomic mass is 16.1. The third-order valence-electron chi connectivity index (χ3n) is 4.21. The number of benzene rings is 1. The molecule has 0 spiro atoms. The highest BCUT2D eigenvalue weighted by Crippen LogP contribution is 2.19. The van der Waals surface area contributed by atoms with Gasteiger partial charge in [-0.2, -0.15) is 5.10 Å². The van der Waals surface area contributed by atoms with E-state index in [0.717, 1.165) is 23.1 Å². The van der Waals surface area contributed by atoms with Gasteiger partial charge < -0.3 is 5.32 Å². The van der Waals surface area contributed by atoms with E-state index < -0.39 is 0 Å². The first-order valence-electron chi connectivity index (χ1n) is 8.53. The number of hydrogen-bond acceptors (Lipinski definition) is 3. The minimum atomic E-state index is -0.105. The van der Waals surface area contributed by atoms with Crippen LogP contribution in [-0.4, -0.2) is 27.2 Å². The maximum atomic E-state index is 12.4. The van der Waals surface area contributed by atoms with E-state index in [1.807, 2.05) is 66.5 Å². The van der Waals surface area contributed by atoms with Crippen molar-refractivity contribution in [1.29, 1.82) is 0 Å². The van der Waals surface area contributed by atoms with Gasteiger partial charge in [0.25, 0.3) is 0 Å². The molecule has 25 heavy (non-hydrogen) atoms. The normalized spacial score (nSPS) is 11.9. The second-order valence-electron chi connectivity index (χ2n) is 5.89. The van der Waals surface area contributed by atoms with Crippen LogP contribution in [0.5, 0.6) is 0 Å². The van der Waals surface area contributed by atoms with Crippen molar-refractivity contribution in [1.82, 2.24) is 20.1 Å². The molecule has 0 fully saturated rings.